The largest absolute Gasteiger partial charge is 0.439 e. The molecule has 5 nitrogen and oxygen atoms in total. The Labute approximate surface area is 150 Å². The van der Waals surface area contributed by atoms with Gasteiger partial charge < -0.3 is 15.0 Å². The van der Waals surface area contributed by atoms with Crippen molar-refractivity contribution < 1.29 is 4.74 Å². The fraction of sp³-hybridized carbons (Fsp3) is 0.550. The molecule has 1 aliphatic heterocycles. The van der Waals surface area contributed by atoms with E-state index in [2.05, 4.69) is 22.2 Å². The molecule has 1 aromatic heterocycles. The van der Waals surface area contributed by atoms with E-state index in [1.807, 2.05) is 42.1 Å². The summed E-state index contributed by atoms with van der Waals surface area (Å²) in [5, 5.41) is 8.30. The Balaban J connectivity index is 1.38. The van der Waals surface area contributed by atoms with E-state index in [9.17, 15) is 0 Å². The lowest BCUT2D eigenvalue weighted by Crippen LogP contribution is -2.43. The molecule has 0 radical (unpaired) electrons. The smallest absolute Gasteiger partial charge is 0.222 e. The second kappa shape index (κ2) is 7.18. The maximum atomic E-state index is 6.11. The molecule has 1 aliphatic carbocycles. The zero-order chi connectivity index (χ0) is 17.2. The number of rotatable bonds is 6. The topological polar surface area (TPSA) is 42.3 Å². The predicted molar refractivity (Wildman–Crippen MR) is 98.9 cm³/mol. The third-order valence-corrected chi connectivity index (χ3v) is 5.41. The van der Waals surface area contributed by atoms with Crippen LogP contribution in [-0.4, -0.2) is 39.9 Å². The molecule has 2 fully saturated rings. The molecule has 1 aromatic carbocycles. The zero-order valence-corrected chi connectivity index (χ0v) is 15.2. The van der Waals surface area contributed by atoms with E-state index in [0.29, 0.717) is 6.04 Å². The van der Waals surface area contributed by atoms with Gasteiger partial charge in [-0.15, -0.1) is 0 Å². The summed E-state index contributed by atoms with van der Waals surface area (Å²) >= 11 is 0. The van der Waals surface area contributed by atoms with Crippen molar-refractivity contribution in [3.05, 3.63) is 41.6 Å². The molecule has 5 heteroatoms. The molecule has 2 aliphatic rings. The van der Waals surface area contributed by atoms with Gasteiger partial charge >= 0.3 is 0 Å². The summed E-state index contributed by atoms with van der Waals surface area (Å²) < 4.78 is 7.95. The minimum atomic E-state index is 0.596. The van der Waals surface area contributed by atoms with Gasteiger partial charge in [-0.25, -0.2) is 4.68 Å². The number of para-hydroxylation sites is 1. The zero-order valence-electron chi connectivity index (χ0n) is 15.2. The number of benzene rings is 1. The van der Waals surface area contributed by atoms with Gasteiger partial charge in [0.2, 0.25) is 5.88 Å². The van der Waals surface area contributed by atoms with Crippen LogP contribution in [0.2, 0.25) is 0 Å². The maximum absolute atomic E-state index is 6.11. The third-order valence-electron chi connectivity index (χ3n) is 5.41. The Hall–Kier alpha value is -1.85. The van der Waals surface area contributed by atoms with Gasteiger partial charge in [-0.1, -0.05) is 18.2 Å². The van der Waals surface area contributed by atoms with Gasteiger partial charge in [-0.2, -0.15) is 5.10 Å². The van der Waals surface area contributed by atoms with Crippen molar-refractivity contribution in [3.63, 3.8) is 0 Å². The average Bonchev–Trinajstić information content (AvgIpc) is 3.43. The SMILES string of the molecule is Cc1nn(C)c(Oc2ccccc2)c1CNC1CCN(C2CC2)CC1. The second-order valence-corrected chi connectivity index (χ2v) is 7.33. The first-order valence-electron chi connectivity index (χ1n) is 9.43. The molecule has 4 rings (SSSR count). The molecule has 1 N–H and O–H groups in total. The van der Waals surface area contributed by atoms with Crippen molar-refractivity contribution in [1.29, 1.82) is 0 Å². The fourth-order valence-corrected chi connectivity index (χ4v) is 3.77. The third kappa shape index (κ3) is 3.88. The van der Waals surface area contributed by atoms with E-state index in [4.69, 9.17) is 4.74 Å². The normalized spacial score (nSPS) is 19.3. The minimum absolute atomic E-state index is 0.596. The molecule has 0 atom stereocenters. The number of aromatic nitrogens is 2. The number of nitrogens with one attached hydrogen (secondary N) is 1. The van der Waals surface area contributed by atoms with Gasteiger partial charge in [0.1, 0.15) is 5.75 Å². The highest BCUT2D eigenvalue weighted by Gasteiger charge is 2.31. The molecule has 1 saturated carbocycles. The molecular formula is C20H28N4O. The minimum Gasteiger partial charge on any atom is -0.439 e. The van der Waals surface area contributed by atoms with Gasteiger partial charge in [-0.05, 0) is 57.8 Å². The lowest BCUT2D eigenvalue weighted by atomic mass is 10.0. The van der Waals surface area contributed by atoms with Crippen LogP contribution in [0.3, 0.4) is 0 Å². The van der Waals surface area contributed by atoms with E-state index < -0.39 is 0 Å². The Morgan fingerprint density at radius 1 is 1.12 bits per heavy atom. The first-order valence-corrected chi connectivity index (χ1v) is 9.43. The lowest BCUT2D eigenvalue weighted by molar-refractivity contribution is 0.189. The van der Waals surface area contributed by atoms with Crippen LogP contribution in [-0.2, 0) is 13.6 Å². The number of aryl methyl sites for hydroxylation is 2. The van der Waals surface area contributed by atoms with Crippen molar-refractivity contribution >= 4 is 0 Å². The van der Waals surface area contributed by atoms with Crippen molar-refractivity contribution in [3.8, 4) is 11.6 Å². The molecular weight excluding hydrogens is 312 g/mol. The van der Waals surface area contributed by atoms with Crippen molar-refractivity contribution in [2.75, 3.05) is 13.1 Å². The number of hydrogen-bond donors (Lipinski definition) is 1. The van der Waals surface area contributed by atoms with Crippen LogP contribution in [0.4, 0.5) is 0 Å². The van der Waals surface area contributed by atoms with Crippen LogP contribution in [0.1, 0.15) is 36.9 Å². The summed E-state index contributed by atoms with van der Waals surface area (Å²) in [5.41, 5.74) is 2.20. The number of likely N-dealkylation sites (tertiary alicyclic amines) is 1. The summed E-state index contributed by atoms with van der Waals surface area (Å²) in [6, 6.07) is 11.4. The van der Waals surface area contributed by atoms with Gasteiger partial charge in [0.15, 0.2) is 0 Å². The maximum Gasteiger partial charge on any atom is 0.222 e. The Morgan fingerprint density at radius 3 is 2.52 bits per heavy atom. The highest BCUT2D eigenvalue weighted by molar-refractivity contribution is 5.35. The first kappa shape index (κ1) is 16.6. The first-order chi connectivity index (χ1) is 12.2. The van der Waals surface area contributed by atoms with Crippen LogP contribution >= 0.6 is 0 Å². The molecule has 1 saturated heterocycles. The monoisotopic (exact) mass is 340 g/mol. The molecule has 0 spiro atoms. The van der Waals surface area contributed by atoms with Gasteiger partial charge in [0.25, 0.3) is 0 Å². The van der Waals surface area contributed by atoms with E-state index >= 15 is 0 Å². The lowest BCUT2D eigenvalue weighted by Gasteiger charge is -2.32. The molecule has 134 valence electrons. The summed E-state index contributed by atoms with van der Waals surface area (Å²) in [7, 11) is 1.95. The predicted octanol–water partition coefficient (Wildman–Crippen LogP) is 3.24. The van der Waals surface area contributed by atoms with Crippen LogP contribution in [0.15, 0.2) is 30.3 Å². The highest BCUT2D eigenvalue weighted by atomic mass is 16.5. The molecule has 25 heavy (non-hydrogen) atoms. The standard InChI is InChI=1S/C20H28N4O/c1-15-19(14-21-16-10-12-24(13-11-16)17-8-9-17)20(23(2)22-15)25-18-6-4-3-5-7-18/h3-7,16-17,21H,8-14H2,1-2H3. The Kier molecular flexibility index (Phi) is 4.77. The molecule has 2 heterocycles. The van der Waals surface area contributed by atoms with Gasteiger partial charge in [0.05, 0.1) is 11.3 Å². The summed E-state index contributed by atoms with van der Waals surface area (Å²) in [6.07, 6.45) is 5.30. The van der Waals surface area contributed by atoms with E-state index in [0.717, 1.165) is 35.5 Å². The van der Waals surface area contributed by atoms with Crippen LogP contribution in [0.5, 0.6) is 11.6 Å². The quantitative estimate of drug-likeness (QED) is 0.877. The molecule has 0 amide bonds. The van der Waals surface area contributed by atoms with Gasteiger partial charge in [-0.3, -0.25) is 0 Å². The number of ether oxygens (including phenoxy) is 1. The number of hydrogen-bond acceptors (Lipinski definition) is 4. The van der Waals surface area contributed by atoms with Crippen LogP contribution in [0, 0.1) is 6.92 Å². The molecule has 0 bridgehead atoms. The van der Waals surface area contributed by atoms with Crippen molar-refractivity contribution in [1.82, 2.24) is 20.0 Å². The second-order valence-electron chi connectivity index (χ2n) is 7.33. The van der Waals surface area contributed by atoms with Crippen LogP contribution < -0.4 is 10.1 Å². The van der Waals surface area contributed by atoms with Crippen LogP contribution in [0.25, 0.3) is 0 Å². The van der Waals surface area contributed by atoms with Crippen molar-refractivity contribution in [2.45, 2.75) is 51.2 Å². The summed E-state index contributed by atoms with van der Waals surface area (Å²) in [4.78, 5) is 2.66. The molecule has 0 unspecified atom stereocenters. The highest BCUT2D eigenvalue weighted by Crippen LogP contribution is 2.30. The Morgan fingerprint density at radius 2 is 1.84 bits per heavy atom. The summed E-state index contributed by atoms with van der Waals surface area (Å²) in [6.45, 7) is 5.35. The Bertz CT molecular complexity index is 700. The number of nitrogens with zero attached hydrogens (tertiary/aromatic N) is 3. The van der Waals surface area contributed by atoms with Crippen molar-refractivity contribution in [2.24, 2.45) is 7.05 Å². The number of piperidine rings is 1. The van der Waals surface area contributed by atoms with E-state index in [1.54, 1.807) is 0 Å². The fourth-order valence-electron chi connectivity index (χ4n) is 3.77. The summed E-state index contributed by atoms with van der Waals surface area (Å²) in [5.74, 6) is 1.69. The molecule has 2 aromatic rings. The van der Waals surface area contributed by atoms with Gasteiger partial charge in [0, 0.05) is 25.7 Å². The van der Waals surface area contributed by atoms with E-state index in [-0.39, 0.29) is 0 Å². The van der Waals surface area contributed by atoms with E-state index in [1.165, 1.54) is 38.8 Å². The average molecular weight is 340 g/mol.